The van der Waals surface area contributed by atoms with E-state index in [1.165, 1.54) is 5.56 Å². The van der Waals surface area contributed by atoms with E-state index in [9.17, 15) is 4.79 Å². The van der Waals surface area contributed by atoms with Crippen LogP contribution in [0.2, 0.25) is 0 Å². The SMILES string of the molecule is CCc1ccc(NC(=O)c2ccnc(NCCN(C)C)n2)cc1. The van der Waals surface area contributed by atoms with Crippen LogP contribution >= 0.6 is 0 Å². The maximum Gasteiger partial charge on any atom is 0.274 e. The molecule has 1 aromatic carbocycles. The number of nitrogens with zero attached hydrogens (tertiary/aromatic N) is 3. The van der Waals surface area contributed by atoms with Crippen molar-refractivity contribution in [1.29, 1.82) is 0 Å². The van der Waals surface area contributed by atoms with Gasteiger partial charge in [-0.3, -0.25) is 4.79 Å². The predicted molar refractivity (Wildman–Crippen MR) is 92.8 cm³/mol. The Kier molecular flexibility index (Phi) is 6.05. The fourth-order valence-electron chi connectivity index (χ4n) is 1.98. The summed E-state index contributed by atoms with van der Waals surface area (Å²) in [4.78, 5) is 22.7. The number of aryl methyl sites for hydroxylation is 1. The van der Waals surface area contributed by atoms with Crippen LogP contribution in [0.25, 0.3) is 0 Å². The number of hydrogen-bond acceptors (Lipinski definition) is 5. The molecule has 2 rings (SSSR count). The summed E-state index contributed by atoms with van der Waals surface area (Å²) in [6, 6.07) is 9.41. The number of carbonyl (C=O) groups excluding carboxylic acids is 1. The zero-order valence-corrected chi connectivity index (χ0v) is 13.8. The number of rotatable bonds is 7. The van der Waals surface area contributed by atoms with E-state index in [1.54, 1.807) is 12.3 Å². The molecule has 0 bridgehead atoms. The Bertz CT molecular complexity index is 640. The molecule has 23 heavy (non-hydrogen) atoms. The number of aromatic nitrogens is 2. The predicted octanol–water partition coefficient (Wildman–Crippen LogP) is 2.26. The monoisotopic (exact) mass is 313 g/mol. The molecule has 1 amide bonds. The van der Waals surface area contributed by atoms with E-state index in [0.29, 0.717) is 11.6 Å². The van der Waals surface area contributed by atoms with E-state index >= 15 is 0 Å². The first kappa shape index (κ1) is 16.9. The molecule has 0 unspecified atom stereocenters. The molecule has 1 aromatic heterocycles. The number of likely N-dealkylation sites (N-methyl/N-ethyl adjacent to an activating group) is 1. The van der Waals surface area contributed by atoms with Crippen LogP contribution in [0.4, 0.5) is 11.6 Å². The fraction of sp³-hybridized carbons (Fsp3) is 0.353. The molecular formula is C17H23N5O. The van der Waals surface area contributed by atoms with E-state index < -0.39 is 0 Å². The van der Waals surface area contributed by atoms with Gasteiger partial charge < -0.3 is 15.5 Å². The van der Waals surface area contributed by atoms with Crippen molar-refractivity contribution >= 4 is 17.5 Å². The van der Waals surface area contributed by atoms with Crippen molar-refractivity contribution in [2.75, 3.05) is 37.8 Å². The van der Waals surface area contributed by atoms with Gasteiger partial charge in [0, 0.05) is 25.0 Å². The summed E-state index contributed by atoms with van der Waals surface area (Å²) in [5.41, 5.74) is 2.33. The Balaban J connectivity index is 1.98. The molecule has 6 nitrogen and oxygen atoms in total. The van der Waals surface area contributed by atoms with Crippen molar-refractivity contribution in [3.63, 3.8) is 0 Å². The summed E-state index contributed by atoms with van der Waals surface area (Å²) in [5, 5.41) is 5.95. The number of amides is 1. The first-order valence-corrected chi connectivity index (χ1v) is 7.70. The molecule has 0 aliphatic heterocycles. The second-order valence-electron chi connectivity index (χ2n) is 5.50. The summed E-state index contributed by atoms with van der Waals surface area (Å²) in [6.07, 6.45) is 2.56. The van der Waals surface area contributed by atoms with Crippen LogP contribution in [-0.4, -0.2) is 48.0 Å². The van der Waals surface area contributed by atoms with Crippen LogP contribution in [0.15, 0.2) is 36.5 Å². The number of anilines is 2. The maximum atomic E-state index is 12.3. The highest BCUT2D eigenvalue weighted by atomic mass is 16.1. The van der Waals surface area contributed by atoms with Crippen molar-refractivity contribution < 1.29 is 4.79 Å². The van der Waals surface area contributed by atoms with Gasteiger partial charge in [-0.1, -0.05) is 19.1 Å². The van der Waals surface area contributed by atoms with Gasteiger partial charge in [-0.2, -0.15) is 0 Å². The number of benzene rings is 1. The van der Waals surface area contributed by atoms with Gasteiger partial charge in [0.1, 0.15) is 5.69 Å². The third kappa shape index (κ3) is 5.34. The smallest absolute Gasteiger partial charge is 0.274 e. The Morgan fingerprint density at radius 1 is 1.17 bits per heavy atom. The molecule has 0 spiro atoms. The van der Waals surface area contributed by atoms with Gasteiger partial charge in [-0.25, -0.2) is 9.97 Å². The summed E-state index contributed by atoms with van der Waals surface area (Å²) in [5.74, 6) is 0.216. The van der Waals surface area contributed by atoms with Gasteiger partial charge in [-0.05, 0) is 44.3 Å². The van der Waals surface area contributed by atoms with Gasteiger partial charge in [0.15, 0.2) is 0 Å². The van der Waals surface area contributed by atoms with E-state index in [0.717, 1.165) is 25.2 Å². The Labute approximate surface area is 137 Å². The Hall–Kier alpha value is -2.47. The number of hydrogen-bond donors (Lipinski definition) is 2. The highest BCUT2D eigenvalue weighted by molar-refractivity contribution is 6.02. The highest BCUT2D eigenvalue weighted by Gasteiger charge is 2.09. The van der Waals surface area contributed by atoms with Crippen molar-refractivity contribution in [2.45, 2.75) is 13.3 Å². The number of carbonyl (C=O) groups is 1. The molecule has 0 atom stereocenters. The molecule has 6 heteroatoms. The van der Waals surface area contributed by atoms with Crippen LogP contribution in [0, 0.1) is 0 Å². The molecule has 1 heterocycles. The molecule has 122 valence electrons. The topological polar surface area (TPSA) is 70.2 Å². The summed E-state index contributed by atoms with van der Waals surface area (Å²) in [7, 11) is 3.99. The van der Waals surface area contributed by atoms with E-state index in [1.807, 2.05) is 38.4 Å². The second-order valence-corrected chi connectivity index (χ2v) is 5.50. The second kappa shape index (κ2) is 8.24. The minimum atomic E-state index is -0.243. The molecular weight excluding hydrogens is 290 g/mol. The first-order valence-electron chi connectivity index (χ1n) is 7.70. The lowest BCUT2D eigenvalue weighted by Crippen LogP contribution is -2.22. The lowest BCUT2D eigenvalue weighted by Gasteiger charge is -2.11. The number of nitrogens with one attached hydrogen (secondary N) is 2. The van der Waals surface area contributed by atoms with Crippen molar-refractivity contribution in [3.05, 3.63) is 47.8 Å². The van der Waals surface area contributed by atoms with E-state index in [-0.39, 0.29) is 5.91 Å². The lowest BCUT2D eigenvalue weighted by molar-refractivity contribution is 0.102. The van der Waals surface area contributed by atoms with Gasteiger partial charge in [0.2, 0.25) is 5.95 Å². The van der Waals surface area contributed by atoms with Crippen LogP contribution < -0.4 is 10.6 Å². The fourth-order valence-corrected chi connectivity index (χ4v) is 1.98. The third-order valence-electron chi connectivity index (χ3n) is 3.35. The van der Waals surface area contributed by atoms with Gasteiger partial charge in [-0.15, -0.1) is 0 Å². The average Bonchev–Trinajstić information content (AvgIpc) is 2.55. The summed E-state index contributed by atoms with van der Waals surface area (Å²) in [6.45, 7) is 3.68. The molecule has 0 radical (unpaired) electrons. The van der Waals surface area contributed by atoms with Crippen molar-refractivity contribution in [1.82, 2.24) is 14.9 Å². The van der Waals surface area contributed by atoms with Crippen LogP contribution in [-0.2, 0) is 6.42 Å². The van der Waals surface area contributed by atoms with Crippen LogP contribution in [0.5, 0.6) is 0 Å². The molecule has 0 fully saturated rings. The highest BCUT2D eigenvalue weighted by Crippen LogP contribution is 2.11. The molecule has 2 aromatic rings. The van der Waals surface area contributed by atoms with E-state index in [2.05, 4.69) is 32.4 Å². The molecule has 0 saturated carbocycles. The summed E-state index contributed by atoms with van der Waals surface area (Å²) < 4.78 is 0. The average molecular weight is 313 g/mol. The third-order valence-corrected chi connectivity index (χ3v) is 3.35. The molecule has 0 saturated heterocycles. The minimum Gasteiger partial charge on any atom is -0.353 e. The zero-order valence-electron chi connectivity index (χ0n) is 13.8. The molecule has 0 aliphatic rings. The normalized spacial score (nSPS) is 10.6. The zero-order chi connectivity index (χ0) is 16.7. The van der Waals surface area contributed by atoms with Crippen LogP contribution in [0.1, 0.15) is 23.0 Å². The van der Waals surface area contributed by atoms with E-state index in [4.69, 9.17) is 0 Å². The van der Waals surface area contributed by atoms with Crippen molar-refractivity contribution in [2.24, 2.45) is 0 Å². The van der Waals surface area contributed by atoms with Gasteiger partial charge >= 0.3 is 0 Å². The quantitative estimate of drug-likeness (QED) is 0.820. The first-order chi connectivity index (χ1) is 11.1. The molecule has 2 N–H and O–H groups in total. The standard InChI is InChI=1S/C17H23N5O/c1-4-13-5-7-14(8-6-13)20-16(23)15-9-10-18-17(21-15)19-11-12-22(2)3/h5-10H,4,11-12H2,1-3H3,(H,20,23)(H,18,19,21). The minimum absolute atomic E-state index is 0.243. The summed E-state index contributed by atoms with van der Waals surface area (Å²) >= 11 is 0. The van der Waals surface area contributed by atoms with Crippen molar-refractivity contribution in [3.8, 4) is 0 Å². The maximum absolute atomic E-state index is 12.3. The Morgan fingerprint density at radius 2 is 1.91 bits per heavy atom. The Morgan fingerprint density at radius 3 is 2.57 bits per heavy atom. The van der Waals surface area contributed by atoms with Gasteiger partial charge in [0.25, 0.3) is 5.91 Å². The molecule has 0 aliphatic carbocycles. The van der Waals surface area contributed by atoms with Gasteiger partial charge in [0.05, 0.1) is 0 Å². The largest absolute Gasteiger partial charge is 0.353 e. The lowest BCUT2D eigenvalue weighted by atomic mass is 10.1. The van der Waals surface area contributed by atoms with Crippen LogP contribution in [0.3, 0.4) is 0 Å².